The maximum absolute atomic E-state index is 13.7. The number of anilines is 3. The second-order valence-corrected chi connectivity index (χ2v) is 21.6. The Labute approximate surface area is 378 Å². The van der Waals surface area contributed by atoms with Crippen molar-refractivity contribution >= 4 is 84.9 Å². The lowest BCUT2D eigenvalue weighted by Gasteiger charge is -2.25. The lowest BCUT2D eigenvalue weighted by molar-refractivity contribution is -0.0638. The Hall–Kier alpha value is -4.44. The van der Waals surface area contributed by atoms with E-state index in [0.717, 1.165) is 29.9 Å². The van der Waals surface area contributed by atoms with Gasteiger partial charge in [-0.15, -0.1) is 0 Å². The fourth-order valence-electron chi connectivity index (χ4n) is 7.75. The smallest absolute Gasteiger partial charge is 0.387 e. The first-order valence-electron chi connectivity index (χ1n) is 19.5. The largest absolute Gasteiger partial charge is 0.472 e. The lowest BCUT2D eigenvalue weighted by atomic mass is 10.1. The van der Waals surface area contributed by atoms with Crippen LogP contribution >= 0.6 is 22.1 Å². The third-order valence-corrected chi connectivity index (χ3v) is 14.3. The molecule has 6 aromatic rings. The summed E-state index contributed by atoms with van der Waals surface area (Å²) in [7, 11) is -10.7. The van der Waals surface area contributed by atoms with Crippen LogP contribution in [0.2, 0.25) is 0 Å². The van der Waals surface area contributed by atoms with Crippen LogP contribution in [0.15, 0.2) is 38.0 Å². The van der Waals surface area contributed by atoms with Crippen LogP contribution < -0.4 is 17.2 Å². The van der Waals surface area contributed by atoms with Gasteiger partial charge >= 0.3 is 15.6 Å². The van der Waals surface area contributed by atoms with Crippen molar-refractivity contribution in [1.82, 2.24) is 58.6 Å². The number of phosphoric ester groups is 2. The fourth-order valence-corrected chi connectivity index (χ4v) is 10.5. The predicted molar refractivity (Wildman–Crippen MR) is 224 cm³/mol. The molecule has 3 saturated heterocycles. The molecule has 36 heteroatoms. The van der Waals surface area contributed by atoms with E-state index in [-0.39, 0.29) is 63.5 Å². The summed E-state index contributed by atoms with van der Waals surface area (Å²) in [5, 5.41) is 44.6. The third-order valence-electron chi connectivity index (χ3n) is 11.0. The van der Waals surface area contributed by atoms with Gasteiger partial charge in [0.05, 0.1) is 38.3 Å². The van der Waals surface area contributed by atoms with Crippen molar-refractivity contribution in [3.63, 3.8) is 0 Å². The molecule has 0 radical (unpaired) electrons. The second-order valence-electron chi connectivity index (χ2n) is 15.3. The summed E-state index contributed by atoms with van der Waals surface area (Å²) >= 11 is 4.71. The van der Waals surface area contributed by atoms with Crippen molar-refractivity contribution < 1.29 is 81.4 Å². The number of aromatic nitrogens is 12. The topological polar surface area (TPSA) is 469 Å². The molecule has 9 heterocycles. The average Bonchev–Trinajstić information content (AvgIpc) is 4.13. The number of aliphatic hydroxyl groups excluding tert-OH is 4. The Morgan fingerprint density at radius 2 is 0.925 bits per heavy atom. The molecule has 3 aliphatic heterocycles. The minimum Gasteiger partial charge on any atom is -0.387 e. The van der Waals surface area contributed by atoms with Gasteiger partial charge < -0.3 is 71.4 Å². The Morgan fingerprint density at radius 3 is 1.36 bits per heavy atom. The highest BCUT2D eigenvalue weighted by atomic mass is 32.5. The summed E-state index contributed by atoms with van der Waals surface area (Å²) in [4.78, 5) is 78.2. The summed E-state index contributed by atoms with van der Waals surface area (Å²) in [6.45, 7) is -5.62. The van der Waals surface area contributed by atoms with E-state index in [4.69, 9.17) is 61.3 Å². The molecule has 14 atom stereocenters. The zero-order valence-electron chi connectivity index (χ0n) is 33.8. The Kier molecular flexibility index (Phi) is 12.9. The van der Waals surface area contributed by atoms with Crippen LogP contribution in [0, 0.1) is 0 Å². The van der Waals surface area contributed by atoms with Crippen LogP contribution in [0.25, 0.3) is 33.5 Å². The molecule has 0 saturated carbocycles. The molecular formula is C31H40N15O17P3S. The van der Waals surface area contributed by atoms with E-state index in [0.29, 0.717) is 0 Å². The van der Waals surface area contributed by atoms with Gasteiger partial charge in [0.25, 0.3) is 0 Å². The number of hydrogen-bond donors (Lipinski definition) is 11. The van der Waals surface area contributed by atoms with Gasteiger partial charge in [-0.3, -0.25) is 31.8 Å². The summed E-state index contributed by atoms with van der Waals surface area (Å²) in [5.74, 6) is -0.0556. The molecule has 0 bridgehead atoms. The number of phosphoric acid groups is 2. The molecule has 14 N–H and O–H groups in total. The van der Waals surface area contributed by atoms with Gasteiger partial charge in [0.15, 0.2) is 59.6 Å². The van der Waals surface area contributed by atoms with E-state index >= 15 is 0 Å². The van der Waals surface area contributed by atoms with Gasteiger partial charge in [0.2, 0.25) is 0 Å². The number of fused-ring (bicyclic) bond motifs is 3. The van der Waals surface area contributed by atoms with Gasteiger partial charge in [-0.05, 0) is 18.2 Å². The highest BCUT2D eigenvalue weighted by Gasteiger charge is 2.53. The number of nitrogens with two attached hydrogens (primary N) is 3. The van der Waals surface area contributed by atoms with E-state index in [2.05, 4.69) is 44.9 Å². The first kappa shape index (κ1) is 47.6. The molecule has 32 nitrogen and oxygen atoms in total. The number of nitrogen functional groups attached to an aromatic ring is 3. The van der Waals surface area contributed by atoms with E-state index in [1.807, 2.05) is 0 Å². The molecule has 2 unspecified atom stereocenters. The molecule has 0 spiro atoms. The van der Waals surface area contributed by atoms with E-state index in [1.165, 1.54) is 21.8 Å². The van der Waals surface area contributed by atoms with Crippen LogP contribution in [0.1, 0.15) is 25.1 Å². The molecule has 9 rings (SSSR count). The number of hydrogen-bond acceptors (Lipinski definition) is 26. The molecular weight excluding hydrogens is 979 g/mol. The van der Waals surface area contributed by atoms with Gasteiger partial charge in [0, 0.05) is 6.16 Å². The molecule has 0 aromatic carbocycles. The number of rotatable bonds is 16. The Morgan fingerprint density at radius 1 is 0.552 bits per heavy atom. The normalized spacial score (nSPS) is 31.0. The predicted octanol–water partition coefficient (Wildman–Crippen LogP) is -2.92. The molecule has 67 heavy (non-hydrogen) atoms. The molecule has 0 aliphatic carbocycles. The van der Waals surface area contributed by atoms with Gasteiger partial charge in [0.1, 0.15) is 84.4 Å². The summed E-state index contributed by atoms with van der Waals surface area (Å²) in [5.41, 5.74) is 18.3. The summed E-state index contributed by atoms with van der Waals surface area (Å²) < 4.78 is 70.2. The average molecular weight is 1020 g/mol. The highest BCUT2D eigenvalue weighted by Crippen LogP contribution is 2.53. The highest BCUT2D eigenvalue weighted by molar-refractivity contribution is 8.09. The first-order valence-corrected chi connectivity index (χ1v) is 25.4. The zero-order valence-corrected chi connectivity index (χ0v) is 37.3. The van der Waals surface area contributed by atoms with Crippen molar-refractivity contribution in [3.8, 4) is 0 Å². The molecule has 6 aromatic heterocycles. The maximum atomic E-state index is 13.7. The van der Waals surface area contributed by atoms with Gasteiger partial charge in [-0.2, -0.15) is 0 Å². The van der Waals surface area contributed by atoms with Crippen molar-refractivity contribution in [2.24, 2.45) is 0 Å². The standard InChI is InChI=1S/C31H40N15O17P3S/c32-23-14-26(38-5-35-23)44(8-41-14)29-20(50)17(47)12(60-29)3-57-65(53,54)63-22-19(49)13(61-31(22)46-10-43-16-25(34)37-7-40-28(16)46)4-58-66(55,56)62-21-18(48)11(1-2-64(51,52)67)59-30(21)45-9-42-15-24(33)36-6-39-27(15)45/h5-13,17-22,29-31,47-50H,1-4H2,(H,53,54)(H,55,56)(H2,32,35,38)(H2,33,36,39)(H2,34,37,40)(H2,51,52,67)/t11-,12-,13-,17-,18-,19-,20-,21-,22-,29-,30-,31-/m1/s1. The van der Waals surface area contributed by atoms with Crippen LogP contribution in [-0.4, -0.2) is 173 Å². The quantitative estimate of drug-likeness (QED) is 0.0433. The number of aliphatic hydroxyl groups is 4. The minimum atomic E-state index is -5.34. The summed E-state index contributed by atoms with van der Waals surface area (Å²) in [6.07, 6.45) is -13.1. The van der Waals surface area contributed by atoms with Crippen molar-refractivity contribution in [2.45, 2.75) is 80.0 Å². The van der Waals surface area contributed by atoms with Crippen molar-refractivity contribution in [2.75, 3.05) is 36.6 Å². The monoisotopic (exact) mass is 1020 g/mol. The Bertz CT molecular complexity index is 2950. The Balaban J connectivity index is 0.918. The van der Waals surface area contributed by atoms with Gasteiger partial charge in [-0.1, -0.05) is 0 Å². The van der Waals surface area contributed by atoms with E-state index in [9.17, 15) is 49.1 Å². The van der Waals surface area contributed by atoms with E-state index in [1.54, 1.807) is 0 Å². The molecule has 0 amide bonds. The van der Waals surface area contributed by atoms with Crippen LogP contribution in [-0.2, 0) is 53.2 Å². The first-order chi connectivity index (χ1) is 31.7. The minimum absolute atomic E-state index is 0.000958. The lowest BCUT2D eigenvalue weighted by Crippen LogP contribution is -2.36. The maximum Gasteiger partial charge on any atom is 0.472 e. The zero-order chi connectivity index (χ0) is 47.7. The fraction of sp³-hybridized carbons (Fsp3) is 0.516. The number of nitrogens with zero attached hydrogens (tertiary/aromatic N) is 12. The van der Waals surface area contributed by atoms with Gasteiger partial charge in [-0.25, -0.2) is 54.0 Å². The second kappa shape index (κ2) is 18.1. The molecule has 3 aliphatic rings. The van der Waals surface area contributed by atoms with Crippen LogP contribution in [0.3, 0.4) is 0 Å². The van der Waals surface area contributed by atoms with Crippen LogP contribution in [0.5, 0.6) is 0 Å². The van der Waals surface area contributed by atoms with Crippen molar-refractivity contribution in [1.29, 1.82) is 0 Å². The molecule has 3 fully saturated rings. The van der Waals surface area contributed by atoms with E-state index < -0.39 is 109 Å². The van der Waals surface area contributed by atoms with Crippen molar-refractivity contribution in [3.05, 3.63) is 38.0 Å². The number of imidazole rings is 3. The third kappa shape index (κ3) is 9.38. The van der Waals surface area contributed by atoms with Crippen LogP contribution in [0.4, 0.5) is 17.5 Å². The molecule has 362 valence electrons. The summed E-state index contributed by atoms with van der Waals surface area (Å²) in [6, 6.07) is 0. The number of ether oxygens (including phenoxy) is 3. The SMILES string of the molecule is Nc1ncnc2c1ncn2[C@@H]1O[C@H](COP(=O)(O)O[C@@H]2[C@H](O)[C@@H](COP(=O)(O)O[C@@H]3[C@H](O)[C@@H](CCP(O)(O)=S)O[C@H]3n3cnc4c(N)ncnc43)O[C@H]2n2cnc3c(N)ncnc32)[C@@H](O)[C@H]1O.